The fourth-order valence-corrected chi connectivity index (χ4v) is 4.21. The summed E-state index contributed by atoms with van der Waals surface area (Å²) in [4.78, 5) is 14.6. The molecule has 1 saturated heterocycles. The zero-order chi connectivity index (χ0) is 20.9. The highest BCUT2D eigenvalue weighted by Gasteiger charge is 2.38. The Kier molecular flexibility index (Phi) is 6.30. The number of rotatable bonds is 6. The zero-order valence-electron chi connectivity index (χ0n) is 15.7. The standard InChI is InChI=1S/C22H17ClFN3O2S/c23-17-7-3-16(4-8-17)13-25-26-22-27(14-19-2-1-11-29-19)21(28)20(30-22)12-15-5-9-18(24)10-6-15/h1-11,13,20H,12,14H2/b25-13+,26-22+/t20-/m0/s1. The van der Waals surface area contributed by atoms with Gasteiger partial charge in [-0.15, -0.1) is 5.10 Å². The smallest absolute Gasteiger partial charge is 0.242 e. The average Bonchev–Trinajstić information content (AvgIpc) is 3.35. The van der Waals surface area contributed by atoms with Gasteiger partial charge in [-0.1, -0.05) is 47.6 Å². The van der Waals surface area contributed by atoms with Gasteiger partial charge < -0.3 is 4.42 Å². The first-order chi connectivity index (χ1) is 14.6. The van der Waals surface area contributed by atoms with E-state index in [2.05, 4.69) is 10.2 Å². The van der Waals surface area contributed by atoms with Crippen LogP contribution >= 0.6 is 23.4 Å². The van der Waals surface area contributed by atoms with Crippen LogP contribution in [0.2, 0.25) is 5.02 Å². The summed E-state index contributed by atoms with van der Waals surface area (Å²) in [6.07, 6.45) is 3.64. The third-order valence-corrected chi connectivity index (χ3v) is 5.89. The van der Waals surface area contributed by atoms with Crippen molar-refractivity contribution >= 4 is 40.7 Å². The van der Waals surface area contributed by atoms with Gasteiger partial charge in [0.1, 0.15) is 11.6 Å². The van der Waals surface area contributed by atoms with E-state index in [1.54, 1.807) is 53.8 Å². The lowest BCUT2D eigenvalue weighted by Crippen LogP contribution is -2.32. The number of hydrogen-bond donors (Lipinski definition) is 0. The molecule has 0 saturated carbocycles. The Hall–Kier alpha value is -2.90. The summed E-state index contributed by atoms with van der Waals surface area (Å²) in [6.45, 7) is 0.272. The van der Waals surface area contributed by atoms with Gasteiger partial charge in [0.2, 0.25) is 5.91 Å². The summed E-state index contributed by atoms with van der Waals surface area (Å²) >= 11 is 7.24. The molecule has 1 fully saturated rings. The summed E-state index contributed by atoms with van der Waals surface area (Å²) < 4.78 is 18.6. The number of carbonyl (C=O) groups is 1. The maximum Gasteiger partial charge on any atom is 0.242 e. The van der Waals surface area contributed by atoms with Gasteiger partial charge in [-0.3, -0.25) is 9.69 Å². The maximum atomic E-state index is 13.2. The minimum atomic E-state index is -0.366. The molecule has 4 rings (SSSR count). The van der Waals surface area contributed by atoms with Gasteiger partial charge in [0.05, 0.1) is 24.3 Å². The monoisotopic (exact) mass is 441 g/mol. The lowest BCUT2D eigenvalue weighted by atomic mass is 10.1. The van der Waals surface area contributed by atoms with E-state index in [1.807, 2.05) is 12.1 Å². The Bertz CT molecular complexity index is 1070. The fraction of sp³-hybridized carbons (Fsp3) is 0.136. The molecule has 0 bridgehead atoms. The third kappa shape index (κ3) is 4.98. The third-order valence-electron chi connectivity index (χ3n) is 4.47. The van der Waals surface area contributed by atoms with Crippen LogP contribution in [0.3, 0.4) is 0 Å². The summed E-state index contributed by atoms with van der Waals surface area (Å²) in [6, 6.07) is 16.9. The molecule has 0 spiro atoms. The Morgan fingerprint density at radius 3 is 2.60 bits per heavy atom. The Balaban J connectivity index is 1.54. The van der Waals surface area contributed by atoms with E-state index in [-0.39, 0.29) is 23.5 Å². The van der Waals surface area contributed by atoms with Crippen molar-refractivity contribution in [2.24, 2.45) is 10.2 Å². The Labute approximate surface area is 182 Å². The number of benzene rings is 2. The quantitative estimate of drug-likeness (QED) is 0.392. The predicted octanol–water partition coefficient (Wildman–Crippen LogP) is 5.15. The molecule has 5 nitrogen and oxygen atoms in total. The van der Waals surface area contributed by atoms with E-state index >= 15 is 0 Å². The van der Waals surface area contributed by atoms with Gasteiger partial charge in [-0.25, -0.2) is 4.39 Å². The van der Waals surface area contributed by atoms with Crippen molar-refractivity contribution in [3.05, 3.63) is 94.7 Å². The summed E-state index contributed by atoms with van der Waals surface area (Å²) in [5.41, 5.74) is 1.73. The molecular formula is C22H17ClFN3O2S. The van der Waals surface area contributed by atoms with E-state index in [0.29, 0.717) is 22.4 Å². The van der Waals surface area contributed by atoms with Gasteiger partial charge in [0, 0.05) is 5.02 Å². The van der Waals surface area contributed by atoms with Crippen LogP contribution in [0.15, 0.2) is 81.5 Å². The molecular weight excluding hydrogens is 425 g/mol. The van der Waals surface area contributed by atoms with Crippen molar-refractivity contribution in [2.75, 3.05) is 0 Å². The Morgan fingerprint density at radius 1 is 1.13 bits per heavy atom. The lowest BCUT2D eigenvalue weighted by molar-refractivity contribution is -0.126. The molecule has 2 heterocycles. The first-order valence-corrected chi connectivity index (χ1v) is 10.5. The van der Waals surface area contributed by atoms with Gasteiger partial charge >= 0.3 is 0 Å². The van der Waals surface area contributed by atoms with Crippen LogP contribution in [0.4, 0.5) is 4.39 Å². The molecule has 0 radical (unpaired) electrons. The first kappa shape index (κ1) is 20.4. The van der Waals surface area contributed by atoms with Crippen LogP contribution in [0.5, 0.6) is 0 Å². The highest BCUT2D eigenvalue weighted by molar-refractivity contribution is 8.15. The second kappa shape index (κ2) is 9.28. The summed E-state index contributed by atoms with van der Waals surface area (Å²) in [5, 5.41) is 9.19. The minimum absolute atomic E-state index is 0.0823. The number of furan rings is 1. The molecule has 1 amide bonds. The highest BCUT2D eigenvalue weighted by Crippen LogP contribution is 2.31. The number of nitrogens with zero attached hydrogens (tertiary/aromatic N) is 3. The molecule has 30 heavy (non-hydrogen) atoms. The number of hydrogen-bond acceptors (Lipinski definition) is 5. The molecule has 152 valence electrons. The van der Waals surface area contributed by atoms with E-state index in [4.69, 9.17) is 16.0 Å². The number of amidine groups is 1. The van der Waals surface area contributed by atoms with Crippen LogP contribution in [0.25, 0.3) is 0 Å². The first-order valence-electron chi connectivity index (χ1n) is 9.20. The number of thioether (sulfide) groups is 1. The normalized spacial score (nSPS) is 18.1. The molecule has 0 N–H and O–H groups in total. The molecule has 1 aliphatic heterocycles. The van der Waals surface area contributed by atoms with Gasteiger partial charge in [-0.05, 0) is 53.9 Å². The van der Waals surface area contributed by atoms with Crippen molar-refractivity contribution in [1.82, 2.24) is 4.90 Å². The molecule has 1 aromatic heterocycles. The minimum Gasteiger partial charge on any atom is -0.467 e. The van der Waals surface area contributed by atoms with E-state index < -0.39 is 0 Å². The molecule has 3 aromatic rings. The molecule has 0 aliphatic carbocycles. The van der Waals surface area contributed by atoms with Crippen LogP contribution in [0.1, 0.15) is 16.9 Å². The summed E-state index contributed by atoms with van der Waals surface area (Å²) in [7, 11) is 0. The van der Waals surface area contributed by atoms with Crippen LogP contribution in [-0.2, 0) is 17.8 Å². The highest BCUT2D eigenvalue weighted by atomic mass is 35.5. The van der Waals surface area contributed by atoms with Gasteiger partial charge in [-0.2, -0.15) is 5.10 Å². The van der Waals surface area contributed by atoms with Crippen molar-refractivity contribution < 1.29 is 13.6 Å². The van der Waals surface area contributed by atoms with Gasteiger partial charge in [0.15, 0.2) is 5.17 Å². The van der Waals surface area contributed by atoms with E-state index in [1.165, 1.54) is 23.9 Å². The van der Waals surface area contributed by atoms with Crippen LogP contribution in [0, 0.1) is 5.82 Å². The number of amides is 1. The largest absolute Gasteiger partial charge is 0.467 e. The van der Waals surface area contributed by atoms with Gasteiger partial charge in [0.25, 0.3) is 0 Å². The second-order valence-corrected chi connectivity index (χ2v) is 8.23. The lowest BCUT2D eigenvalue weighted by Gasteiger charge is -2.14. The Morgan fingerprint density at radius 2 is 1.90 bits per heavy atom. The van der Waals surface area contributed by atoms with Crippen molar-refractivity contribution in [3.8, 4) is 0 Å². The van der Waals surface area contributed by atoms with Crippen molar-refractivity contribution in [2.45, 2.75) is 18.2 Å². The second-order valence-electron chi connectivity index (χ2n) is 6.62. The van der Waals surface area contributed by atoms with Crippen LogP contribution < -0.4 is 0 Å². The number of halogens is 2. The van der Waals surface area contributed by atoms with Crippen LogP contribution in [-0.4, -0.2) is 27.4 Å². The molecule has 0 unspecified atom stereocenters. The zero-order valence-corrected chi connectivity index (χ0v) is 17.3. The van der Waals surface area contributed by atoms with Crippen molar-refractivity contribution in [3.63, 3.8) is 0 Å². The SMILES string of the molecule is O=C1[C@H](Cc2ccc(F)cc2)S/C(=N/N=C/c2ccc(Cl)cc2)N1Cc1ccco1. The molecule has 8 heteroatoms. The predicted molar refractivity (Wildman–Crippen MR) is 117 cm³/mol. The molecule has 2 aromatic carbocycles. The average molecular weight is 442 g/mol. The van der Waals surface area contributed by atoms with Crippen molar-refractivity contribution in [1.29, 1.82) is 0 Å². The summed E-state index contributed by atoms with van der Waals surface area (Å²) in [5.74, 6) is 0.268. The molecule has 1 aliphatic rings. The maximum absolute atomic E-state index is 13.2. The van der Waals surface area contributed by atoms with E-state index in [9.17, 15) is 9.18 Å². The number of carbonyl (C=O) groups excluding carboxylic acids is 1. The molecule has 1 atom stereocenters. The topological polar surface area (TPSA) is 58.2 Å². The fourth-order valence-electron chi connectivity index (χ4n) is 2.95. The van der Waals surface area contributed by atoms with E-state index in [0.717, 1.165) is 11.1 Å².